The van der Waals surface area contributed by atoms with Crippen LogP contribution in [0.15, 0.2) is 9.59 Å². The van der Waals surface area contributed by atoms with Gasteiger partial charge in [0.2, 0.25) is 0 Å². The monoisotopic (exact) mass is 354 g/mol. The molecule has 0 radical (unpaired) electrons. The molecule has 0 aliphatic carbocycles. The molecule has 11 heteroatoms. The maximum Gasteiger partial charge on any atom is 0.451 e. The first-order chi connectivity index (χ1) is 11.7. The molecule has 1 aromatic carbocycles. The molecular weight excluding hydrogens is 331 g/mol. The van der Waals surface area contributed by atoms with Gasteiger partial charge in [0.05, 0.1) is 0 Å². The zero-order valence-electron chi connectivity index (χ0n) is 13.8. The average molecular weight is 354 g/mol. The molecule has 25 heavy (non-hydrogen) atoms. The summed E-state index contributed by atoms with van der Waals surface area (Å²) in [5, 5.41) is 30.2. The van der Waals surface area contributed by atoms with Gasteiger partial charge in [-0.3, -0.25) is 14.4 Å². The number of nitrogens with zero attached hydrogens (tertiary/aromatic N) is 1. The maximum absolute atomic E-state index is 11.9. The summed E-state index contributed by atoms with van der Waals surface area (Å²) >= 11 is 0. The zero-order chi connectivity index (χ0) is 18.8. The van der Waals surface area contributed by atoms with Crippen LogP contribution < -0.4 is 32.5 Å². The van der Waals surface area contributed by atoms with Gasteiger partial charge in [-0.15, -0.1) is 0 Å². The number of hydrogen-bond donors (Lipinski definition) is 6. The van der Waals surface area contributed by atoms with Gasteiger partial charge in [0.15, 0.2) is 0 Å². The molecule has 0 unspecified atom stereocenters. The summed E-state index contributed by atoms with van der Waals surface area (Å²) in [6.07, 6.45) is 0.847. The van der Waals surface area contributed by atoms with Crippen LogP contribution in [0.2, 0.25) is 6.32 Å². The van der Waals surface area contributed by atoms with Crippen LogP contribution in [0.1, 0.15) is 12.8 Å². The molecule has 1 saturated heterocycles. The average Bonchev–Trinajstić information content (AvgIpc) is 2.87. The van der Waals surface area contributed by atoms with Crippen molar-refractivity contribution in [3.8, 4) is 0 Å². The van der Waals surface area contributed by atoms with Crippen LogP contribution in [0, 0.1) is 5.92 Å². The summed E-state index contributed by atoms with van der Waals surface area (Å²) in [7, 11) is -1.46. The Hall–Kier alpha value is -1.95. The van der Waals surface area contributed by atoms with Crippen LogP contribution in [0.5, 0.6) is 0 Å². The van der Waals surface area contributed by atoms with E-state index in [9.17, 15) is 19.5 Å². The van der Waals surface area contributed by atoms with Crippen LogP contribution >= 0.6 is 0 Å². The first-order valence-corrected chi connectivity index (χ1v) is 8.13. The lowest BCUT2D eigenvalue weighted by Gasteiger charge is -2.26. The van der Waals surface area contributed by atoms with Crippen molar-refractivity contribution in [1.82, 2.24) is 0 Å². The third-order valence-corrected chi connectivity index (χ3v) is 4.68. The van der Waals surface area contributed by atoms with Gasteiger partial charge in [-0.1, -0.05) is 6.42 Å². The summed E-state index contributed by atoms with van der Waals surface area (Å²) < 4.78 is 0. The smallest absolute Gasteiger partial charge is 0.451 e. The van der Waals surface area contributed by atoms with Crippen LogP contribution in [0.25, 0.3) is 0 Å². The summed E-state index contributed by atoms with van der Waals surface area (Å²) in [5.41, 5.74) is 8.86. The molecule has 1 heterocycles. The molecule has 0 aromatic heterocycles. The van der Waals surface area contributed by atoms with Crippen molar-refractivity contribution in [2.75, 3.05) is 36.4 Å². The van der Waals surface area contributed by atoms with E-state index in [-0.39, 0.29) is 37.3 Å². The van der Waals surface area contributed by atoms with E-state index < -0.39 is 35.4 Å². The zero-order valence-corrected chi connectivity index (χ0v) is 13.8. The minimum Gasteiger partial charge on any atom is -0.480 e. The fraction of sp³-hybridized carbons (Fsp3) is 0.643. The number of nitrogens with one attached hydrogen (secondary N) is 1. The predicted octanol–water partition coefficient (Wildman–Crippen LogP) is -2.88. The van der Waals surface area contributed by atoms with E-state index in [1.54, 1.807) is 0 Å². The van der Waals surface area contributed by atoms with Gasteiger partial charge in [0.25, 0.3) is 10.9 Å². The first-order valence-electron chi connectivity index (χ1n) is 8.13. The lowest BCUT2D eigenvalue weighted by Crippen LogP contribution is -2.55. The third kappa shape index (κ3) is 3.69. The van der Waals surface area contributed by atoms with Gasteiger partial charge in [0, 0.05) is 32.1 Å². The van der Waals surface area contributed by atoms with Gasteiger partial charge in [-0.25, -0.2) is 0 Å². The van der Waals surface area contributed by atoms with Crippen LogP contribution in [-0.4, -0.2) is 60.0 Å². The van der Waals surface area contributed by atoms with Crippen LogP contribution in [-0.2, 0) is 4.79 Å². The van der Waals surface area contributed by atoms with Crippen molar-refractivity contribution in [3.63, 3.8) is 0 Å². The van der Waals surface area contributed by atoms with Crippen molar-refractivity contribution in [2.24, 2.45) is 17.4 Å². The molecule has 10 nitrogen and oxygen atoms in total. The Bertz CT molecular complexity index is 704. The molecule has 0 saturated carbocycles. The molecule has 1 aliphatic rings. The van der Waals surface area contributed by atoms with Gasteiger partial charge in [-0.05, 0) is 12.7 Å². The fourth-order valence-corrected chi connectivity index (χ4v) is 3.29. The number of nitrogens with two attached hydrogens (primary N) is 2. The van der Waals surface area contributed by atoms with Crippen molar-refractivity contribution in [3.05, 3.63) is 20.4 Å². The van der Waals surface area contributed by atoms with E-state index in [0.29, 0.717) is 19.4 Å². The van der Waals surface area contributed by atoms with Gasteiger partial charge >= 0.3 is 13.1 Å². The van der Waals surface area contributed by atoms with E-state index in [1.807, 2.05) is 0 Å². The van der Waals surface area contributed by atoms with E-state index in [2.05, 4.69) is 5.32 Å². The quantitative estimate of drug-likeness (QED) is 0.199. The van der Waals surface area contributed by atoms with E-state index in [4.69, 9.17) is 21.5 Å². The molecule has 0 bridgehead atoms. The Labute approximate surface area is 144 Å². The van der Waals surface area contributed by atoms with Crippen molar-refractivity contribution in [2.45, 2.75) is 24.7 Å². The highest BCUT2D eigenvalue weighted by atomic mass is 16.4. The van der Waals surface area contributed by atoms with Gasteiger partial charge < -0.3 is 36.8 Å². The molecule has 8 N–H and O–H groups in total. The number of aliphatic carboxylic acids is 1. The Kier molecular flexibility index (Phi) is 5.83. The van der Waals surface area contributed by atoms with Gasteiger partial charge in [0.1, 0.15) is 16.9 Å². The summed E-state index contributed by atoms with van der Waals surface area (Å²) in [6.45, 7) is 0.694. The number of rotatable bonds is 9. The number of carbonyl (C=O) groups is 1. The minimum absolute atomic E-state index is 0.100. The fourth-order valence-electron chi connectivity index (χ4n) is 3.29. The lowest BCUT2D eigenvalue weighted by molar-refractivity contribution is -0.144. The van der Waals surface area contributed by atoms with Crippen LogP contribution in [0.4, 0.5) is 11.4 Å². The first kappa shape index (κ1) is 19.4. The summed E-state index contributed by atoms with van der Waals surface area (Å²) in [6, 6.07) is 0. The molecular formula is C14H23BN4O6. The second-order valence-electron chi connectivity index (χ2n) is 6.43. The molecule has 138 valence electrons. The molecule has 0 spiro atoms. The Morgan fingerprint density at radius 1 is 1.36 bits per heavy atom. The Balaban J connectivity index is 2.19. The predicted molar refractivity (Wildman–Crippen MR) is 93.4 cm³/mol. The normalized spacial score (nSPS) is 23.2. The third-order valence-electron chi connectivity index (χ3n) is 4.68. The lowest BCUT2D eigenvalue weighted by atomic mass is 9.78. The molecule has 2 rings (SSSR count). The highest BCUT2D eigenvalue weighted by molar-refractivity contribution is 6.40. The number of anilines is 2. The number of hydrogen-bond acceptors (Lipinski definition) is 9. The van der Waals surface area contributed by atoms with Crippen molar-refractivity contribution < 1.29 is 19.9 Å². The second-order valence-corrected chi connectivity index (χ2v) is 6.43. The maximum atomic E-state index is 11.9. The molecule has 1 aliphatic heterocycles. The highest BCUT2D eigenvalue weighted by Crippen LogP contribution is 2.35. The summed E-state index contributed by atoms with van der Waals surface area (Å²) in [5.74, 6) is -1.68. The largest absolute Gasteiger partial charge is 0.480 e. The Morgan fingerprint density at radius 3 is 2.60 bits per heavy atom. The number of carboxylic acids is 1. The van der Waals surface area contributed by atoms with Crippen molar-refractivity contribution >= 4 is 24.5 Å². The SMILES string of the molecule is NCCNc1c(N2C[C@H](CCCB(O)O)[C@](N)(C(=O)O)C2)c(=O)c1=O. The number of carboxylic acid groups (broad SMARTS) is 1. The van der Waals surface area contributed by atoms with E-state index in [0.717, 1.165) is 0 Å². The second kappa shape index (κ2) is 7.52. The minimum atomic E-state index is -1.58. The molecule has 2 atom stereocenters. The topological polar surface area (TPSA) is 179 Å². The summed E-state index contributed by atoms with van der Waals surface area (Å²) in [4.78, 5) is 36.8. The standard InChI is InChI=1S/C14H23BN4O6/c16-4-5-18-9-10(12(21)11(9)20)19-6-8(2-1-3-15(24)25)14(17,7-19)13(22)23/h8,18,24-25H,1-7,16-17H2,(H,22,23)/t8-,14-/m0/s1. The van der Waals surface area contributed by atoms with Crippen molar-refractivity contribution in [1.29, 1.82) is 0 Å². The van der Waals surface area contributed by atoms with Crippen LogP contribution in [0.3, 0.4) is 0 Å². The van der Waals surface area contributed by atoms with E-state index >= 15 is 0 Å². The van der Waals surface area contributed by atoms with E-state index in [1.165, 1.54) is 4.90 Å². The van der Waals surface area contributed by atoms with Gasteiger partial charge in [-0.2, -0.15) is 0 Å². The molecule has 1 fully saturated rings. The molecule has 1 aromatic rings. The molecule has 0 amide bonds. The highest BCUT2D eigenvalue weighted by Gasteiger charge is 2.50. The Morgan fingerprint density at radius 2 is 2.04 bits per heavy atom.